The van der Waals surface area contributed by atoms with Gasteiger partial charge in [0.15, 0.2) is 0 Å². The van der Waals surface area contributed by atoms with Gasteiger partial charge < -0.3 is 19.1 Å². The number of piperidine rings is 1. The number of nitriles is 1. The number of carbonyl (C=O) groups is 1. The standard InChI is InChI=1S/C32H30FN5O4/c33-25-12-19(15-34)4-5-21(25)18-42-31-3-1-2-26(36-31)23-8-10-37(28-14-24(23)28)17-30-35-27-7-6-20(32(39)40)13-29(27)38(30)16-22-9-11-41-22/h1-7,12-13,22-24,28H,8-11,14,16-18H2,(H,39,40)/t22?,23-,24+,28+/m1/s1. The third-order valence-electron chi connectivity index (χ3n) is 8.80. The van der Waals surface area contributed by atoms with E-state index < -0.39 is 11.8 Å². The van der Waals surface area contributed by atoms with Gasteiger partial charge in [-0.25, -0.2) is 19.2 Å². The molecule has 214 valence electrons. The molecule has 0 amide bonds. The fourth-order valence-electron chi connectivity index (χ4n) is 6.35. The van der Waals surface area contributed by atoms with Crippen molar-refractivity contribution >= 4 is 17.0 Å². The molecule has 42 heavy (non-hydrogen) atoms. The molecule has 4 heterocycles. The topological polar surface area (TPSA) is 114 Å². The third-order valence-corrected chi connectivity index (χ3v) is 8.80. The average molecular weight is 568 g/mol. The number of hydrogen-bond acceptors (Lipinski definition) is 7. The molecule has 3 fully saturated rings. The third kappa shape index (κ3) is 5.10. The Kier molecular flexibility index (Phi) is 6.84. The Morgan fingerprint density at radius 2 is 2.05 bits per heavy atom. The maximum Gasteiger partial charge on any atom is 0.335 e. The van der Waals surface area contributed by atoms with E-state index in [4.69, 9.17) is 24.7 Å². The molecule has 1 saturated carbocycles. The maximum atomic E-state index is 14.3. The molecule has 2 aromatic heterocycles. The first kappa shape index (κ1) is 26.6. The summed E-state index contributed by atoms with van der Waals surface area (Å²) in [6, 6.07) is 17.6. The van der Waals surface area contributed by atoms with Crippen LogP contribution < -0.4 is 4.74 Å². The zero-order valence-electron chi connectivity index (χ0n) is 22.9. The number of benzene rings is 2. The first-order chi connectivity index (χ1) is 20.5. The second-order valence-corrected chi connectivity index (χ2v) is 11.4. The van der Waals surface area contributed by atoms with Crippen molar-refractivity contribution in [2.75, 3.05) is 13.2 Å². The molecule has 4 aromatic rings. The van der Waals surface area contributed by atoms with Crippen LogP contribution in [0.5, 0.6) is 5.88 Å². The SMILES string of the molecule is N#Cc1ccc(COc2cccc([C@@H]3CCN(Cc4nc5ccc(C(=O)O)cc5n4CC4CCO4)[C@H]4C[C@@H]34)n2)c(F)c1. The van der Waals surface area contributed by atoms with Crippen molar-refractivity contribution in [3.63, 3.8) is 0 Å². The number of nitrogens with zero attached hydrogens (tertiary/aromatic N) is 5. The zero-order chi connectivity index (χ0) is 28.8. The molecule has 10 heteroatoms. The van der Waals surface area contributed by atoms with Gasteiger partial charge >= 0.3 is 5.97 Å². The van der Waals surface area contributed by atoms with E-state index >= 15 is 0 Å². The van der Waals surface area contributed by atoms with Crippen LogP contribution in [0.1, 0.15) is 58.2 Å². The van der Waals surface area contributed by atoms with Crippen LogP contribution in [0.3, 0.4) is 0 Å². The van der Waals surface area contributed by atoms with Gasteiger partial charge in [-0.15, -0.1) is 0 Å². The van der Waals surface area contributed by atoms with E-state index in [9.17, 15) is 14.3 Å². The highest BCUT2D eigenvalue weighted by Crippen LogP contribution is 2.51. The molecule has 0 radical (unpaired) electrons. The lowest BCUT2D eigenvalue weighted by atomic mass is 9.92. The summed E-state index contributed by atoms with van der Waals surface area (Å²) in [5.41, 5.74) is 3.55. The van der Waals surface area contributed by atoms with Gasteiger partial charge in [-0.1, -0.05) is 12.1 Å². The molecular weight excluding hydrogens is 537 g/mol. The Hall–Kier alpha value is -4.33. The van der Waals surface area contributed by atoms with E-state index in [0.717, 1.165) is 55.0 Å². The predicted octanol–water partition coefficient (Wildman–Crippen LogP) is 4.89. The van der Waals surface area contributed by atoms with Crippen molar-refractivity contribution in [1.29, 1.82) is 5.26 Å². The van der Waals surface area contributed by atoms with Crippen molar-refractivity contribution in [2.45, 2.75) is 57.0 Å². The van der Waals surface area contributed by atoms with Gasteiger partial charge in [0.2, 0.25) is 5.88 Å². The summed E-state index contributed by atoms with van der Waals surface area (Å²) >= 11 is 0. The van der Waals surface area contributed by atoms with Crippen LogP contribution in [-0.4, -0.2) is 55.8 Å². The molecule has 0 bridgehead atoms. The fourth-order valence-corrected chi connectivity index (χ4v) is 6.35. The van der Waals surface area contributed by atoms with Crippen molar-refractivity contribution in [3.05, 3.63) is 88.6 Å². The number of aromatic nitrogens is 3. The lowest BCUT2D eigenvalue weighted by molar-refractivity contribution is -0.0592. The number of carboxylic acid groups (broad SMARTS) is 1. The number of pyridine rings is 1. The van der Waals surface area contributed by atoms with Crippen molar-refractivity contribution in [2.24, 2.45) is 5.92 Å². The number of ether oxygens (including phenoxy) is 2. The smallest absolute Gasteiger partial charge is 0.335 e. The van der Waals surface area contributed by atoms with Gasteiger partial charge in [-0.2, -0.15) is 5.26 Å². The second-order valence-electron chi connectivity index (χ2n) is 11.4. The summed E-state index contributed by atoms with van der Waals surface area (Å²) in [4.78, 5) is 23.8. The van der Waals surface area contributed by atoms with E-state index in [1.165, 1.54) is 6.07 Å². The van der Waals surface area contributed by atoms with Gasteiger partial charge in [0, 0.05) is 35.9 Å². The Bertz CT molecular complexity index is 1710. The maximum absolute atomic E-state index is 14.3. The van der Waals surface area contributed by atoms with E-state index in [0.29, 0.717) is 42.4 Å². The van der Waals surface area contributed by atoms with Crippen LogP contribution in [0.15, 0.2) is 54.6 Å². The van der Waals surface area contributed by atoms with E-state index in [1.54, 1.807) is 36.4 Å². The minimum atomic E-state index is -0.946. The van der Waals surface area contributed by atoms with Crippen LogP contribution in [0.2, 0.25) is 0 Å². The molecule has 0 spiro atoms. The Morgan fingerprint density at radius 1 is 1.17 bits per heavy atom. The minimum Gasteiger partial charge on any atom is -0.478 e. The summed E-state index contributed by atoms with van der Waals surface area (Å²) < 4.78 is 28.0. The summed E-state index contributed by atoms with van der Waals surface area (Å²) in [6.45, 7) is 3.07. The summed E-state index contributed by atoms with van der Waals surface area (Å²) in [7, 11) is 0. The van der Waals surface area contributed by atoms with Gasteiger partial charge in [0.1, 0.15) is 18.2 Å². The predicted molar refractivity (Wildman–Crippen MR) is 150 cm³/mol. The summed E-state index contributed by atoms with van der Waals surface area (Å²) in [5, 5.41) is 18.5. The number of hydrogen-bond donors (Lipinski definition) is 1. The number of likely N-dealkylation sites (tertiary alicyclic amines) is 1. The molecule has 1 N–H and O–H groups in total. The first-order valence-corrected chi connectivity index (χ1v) is 14.3. The fraction of sp³-hybridized carbons (Fsp3) is 0.375. The highest BCUT2D eigenvalue weighted by Gasteiger charge is 2.50. The first-order valence-electron chi connectivity index (χ1n) is 14.3. The number of halogens is 1. The lowest BCUT2D eigenvalue weighted by Gasteiger charge is -2.32. The molecule has 2 saturated heterocycles. The number of aromatic carboxylic acids is 1. The highest BCUT2D eigenvalue weighted by atomic mass is 19.1. The number of fused-ring (bicyclic) bond motifs is 2. The van der Waals surface area contributed by atoms with E-state index in [-0.39, 0.29) is 23.8 Å². The molecule has 9 nitrogen and oxygen atoms in total. The van der Waals surface area contributed by atoms with E-state index in [1.807, 2.05) is 18.2 Å². The van der Waals surface area contributed by atoms with Gasteiger partial charge in [-0.3, -0.25) is 4.90 Å². The Morgan fingerprint density at radius 3 is 2.81 bits per heavy atom. The molecule has 2 aromatic carbocycles. The van der Waals surface area contributed by atoms with Crippen LogP contribution >= 0.6 is 0 Å². The van der Waals surface area contributed by atoms with Crippen LogP contribution in [0, 0.1) is 23.1 Å². The quantitative estimate of drug-likeness (QED) is 0.304. The Labute approximate surface area is 242 Å². The molecule has 3 aliphatic rings. The Balaban J connectivity index is 1.04. The van der Waals surface area contributed by atoms with Crippen molar-refractivity contribution in [3.8, 4) is 11.9 Å². The summed E-state index contributed by atoms with van der Waals surface area (Å²) in [6.07, 6.45) is 3.16. The van der Waals surface area contributed by atoms with E-state index in [2.05, 4.69) is 9.47 Å². The minimum absolute atomic E-state index is 0.0410. The van der Waals surface area contributed by atoms with Gasteiger partial charge in [0.25, 0.3) is 0 Å². The molecule has 1 aliphatic carbocycles. The van der Waals surface area contributed by atoms with Crippen molar-refractivity contribution in [1.82, 2.24) is 19.4 Å². The molecular formula is C32H30FN5O4. The lowest BCUT2D eigenvalue weighted by Crippen LogP contribution is -2.36. The van der Waals surface area contributed by atoms with Crippen LogP contribution in [0.4, 0.5) is 4.39 Å². The largest absolute Gasteiger partial charge is 0.478 e. The van der Waals surface area contributed by atoms with Crippen LogP contribution in [0.25, 0.3) is 11.0 Å². The number of carboxylic acids is 1. The molecule has 7 rings (SSSR count). The van der Waals surface area contributed by atoms with Gasteiger partial charge in [0.05, 0.1) is 47.4 Å². The average Bonchev–Trinajstić information content (AvgIpc) is 3.71. The van der Waals surface area contributed by atoms with Crippen molar-refractivity contribution < 1.29 is 23.8 Å². The zero-order valence-corrected chi connectivity index (χ0v) is 22.9. The molecule has 1 unspecified atom stereocenters. The molecule has 4 atom stereocenters. The molecule has 2 aliphatic heterocycles. The van der Waals surface area contributed by atoms with Crippen LogP contribution in [-0.2, 0) is 24.4 Å². The monoisotopic (exact) mass is 567 g/mol. The van der Waals surface area contributed by atoms with Gasteiger partial charge in [-0.05, 0) is 68.1 Å². The summed E-state index contributed by atoms with van der Waals surface area (Å²) in [5.74, 6) is 0.804. The second kappa shape index (κ2) is 10.8. The normalized spacial score (nSPS) is 23.1. The number of imidazole rings is 1. The highest BCUT2D eigenvalue weighted by molar-refractivity contribution is 5.92. The number of rotatable bonds is 9.